The van der Waals surface area contributed by atoms with Gasteiger partial charge in [-0.1, -0.05) is 29.8 Å². The molecule has 106 valence electrons. The second-order valence-corrected chi connectivity index (χ2v) is 5.94. The molecule has 1 aromatic rings. The van der Waals surface area contributed by atoms with Crippen molar-refractivity contribution in [3.8, 4) is 0 Å². The smallest absolute Gasteiger partial charge is 0.246 e. The highest BCUT2D eigenvalue weighted by Crippen LogP contribution is 2.35. The molecule has 1 N–H and O–H groups in total. The third kappa shape index (κ3) is 2.42. The van der Waals surface area contributed by atoms with E-state index in [2.05, 4.69) is 5.32 Å². The number of carbonyl (C=O) groups excluding carboxylic acids is 2. The van der Waals surface area contributed by atoms with Crippen LogP contribution in [0.5, 0.6) is 0 Å². The second-order valence-electron chi connectivity index (χ2n) is 5.94. The Bertz CT molecular complexity index is 534. The molecule has 1 heterocycles. The molecular weight excluding hydrogens is 252 g/mol. The first kappa shape index (κ1) is 13.2. The molecule has 0 aromatic heterocycles. The van der Waals surface area contributed by atoms with Crippen molar-refractivity contribution in [1.29, 1.82) is 0 Å². The van der Waals surface area contributed by atoms with E-state index in [1.165, 1.54) is 5.56 Å². The molecule has 0 radical (unpaired) electrons. The lowest BCUT2D eigenvalue weighted by molar-refractivity contribution is -0.147. The van der Waals surface area contributed by atoms with Gasteiger partial charge in [0.25, 0.3) is 0 Å². The maximum Gasteiger partial charge on any atom is 0.246 e. The fraction of sp³-hybridized carbons (Fsp3) is 0.500. The van der Waals surface area contributed by atoms with Gasteiger partial charge in [-0.05, 0) is 38.2 Å². The maximum atomic E-state index is 12.5. The molecule has 2 aliphatic rings. The molecule has 2 amide bonds. The van der Waals surface area contributed by atoms with Crippen LogP contribution in [-0.4, -0.2) is 29.3 Å². The van der Waals surface area contributed by atoms with Gasteiger partial charge in [-0.3, -0.25) is 9.59 Å². The summed E-state index contributed by atoms with van der Waals surface area (Å²) in [5.74, 6) is 0.375. The van der Waals surface area contributed by atoms with Gasteiger partial charge in [0.2, 0.25) is 11.8 Å². The number of aryl methyl sites for hydroxylation is 1. The van der Waals surface area contributed by atoms with Crippen molar-refractivity contribution < 1.29 is 9.59 Å². The summed E-state index contributed by atoms with van der Waals surface area (Å²) in [5.41, 5.74) is 2.27. The van der Waals surface area contributed by atoms with Crippen LogP contribution in [0.25, 0.3) is 0 Å². The summed E-state index contributed by atoms with van der Waals surface area (Å²) in [4.78, 5) is 26.1. The lowest BCUT2D eigenvalue weighted by Crippen LogP contribution is -2.59. The molecule has 0 bridgehead atoms. The molecule has 2 atom stereocenters. The number of hydrogen-bond acceptors (Lipinski definition) is 2. The van der Waals surface area contributed by atoms with Gasteiger partial charge in [0.05, 0.1) is 6.04 Å². The van der Waals surface area contributed by atoms with Crippen LogP contribution in [0.4, 0.5) is 0 Å². The van der Waals surface area contributed by atoms with E-state index in [1.54, 1.807) is 4.90 Å². The highest BCUT2D eigenvalue weighted by molar-refractivity contribution is 5.95. The van der Waals surface area contributed by atoms with Crippen LogP contribution in [0.1, 0.15) is 36.9 Å². The van der Waals surface area contributed by atoms with Gasteiger partial charge in [0, 0.05) is 0 Å². The Hall–Kier alpha value is -1.84. The number of nitrogens with zero attached hydrogens (tertiary/aromatic N) is 1. The number of rotatable bonds is 3. The lowest BCUT2D eigenvalue weighted by atomic mass is 10.0. The Morgan fingerprint density at radius 2 is 1.85 bits per heavy atom. The first-order valence-electron chi connectivity index (χ1n) is 7.22. The standard InChI is InChI=1S/C16H20N2O2/c1-10-3-5-12(6-4-10)11(2)18-9-14(19)17-15(16(18)20)13-7-8-13/h3-6,11,13,15H,7-9H2,1-2H3,(H,17,19). The highest BCUT2D eigenvalue weighted by Gasteiger charge is 2.43. The predicted octanol–water partition coefficient (Wildman–Crippen LogP) is 1.79. The van der Waals surface area contributed by atoms with Gasteiger partial charge in [-0.15, -0.1) is 0 Å². The summed E-state index contributed by atoms with van der Waals surface area (Å²) in [7, 11) is 0. The molecule has 1 aromatic carbocycles. The highest BCUT2D eigenvalue weighted by atomic mass is 16.2. The van der Waals surface area contributed by atoms with Crippen molar-refractivity contribution in [3.63, 3.8) is 0 Å². The molecule has 1 aliphatic heterocycles. The molecular formula is C16H20N2O2. The number of nitrogens with one attached hydrogen (secondary N) is 1. The first-order valence-corrected chi connectivity index (χ1v) is 7.22. The van der Waals surface area contributed by atoms with Crippen molar-refractivity contribution >= 4 is 11.8 Å². The number of amides is 2. The Morgan fingerprint density at radius 1 is 1.20 bits per heavy atom. The summed E-state index contributed by atoms with van der Waals surface area (Å²) in [6, 6.07) is 7.79. The van der Waals surface area contributed by atoms with E-state index in [-0.39, 0.29) is 30.4 Å². The van der Waals surface area contributed by atoms with Crippen LogP contribution in [0.2, 0.25) is 0 Å². The quantitative estimate of drug-likeness (QED) is 0.912. The van der Waals surface area contributed by atoms with Crippen molar-refractivity contribution in [2.24, 2.45) is 5.92 Å². The Kier molecular flexibility index (Phi) is 3.24. The zero-order chi connectivity index (χ0) is 14.3. The zero-order valence-corrected chi connectivity index (χ0v) is 11.9. The van der Waals surface area contributed by atoms with Crippen molar-refractivity contribution in [2.45, 2.75) is 38.8 Å². The summed E-state index contributed by atoms with van der Waals surface area (Å²) in [6.07, 6.45) is 2.09. The SMILES string of the molecule is Cc1ccc(C(C)N2CC(=O)NC(C3CC3)C2=O)cc1. The fourth-order valence-corrected chi connectivity index (χ4v) is 2.79. The van der Waals surface area contributed by atoms with E-state index in [4.69, 9.17) is 0 Å². The molecule has 4 nitrogen and oxygen atoms in total. The van der Waals surface area contributed by atoms with E-state index in [9.17, 15) is 9.59 Å². The fourth-order valence-electron chi connectivity index (χ4n) is 2.79. The van der Waals surface area contributed by atoms with Crippen LogP contribution in [-0.2, 0) is 9.59 Å². The normalized spacial score (nSPS) is 24.5. The number of carbonyl (C=O) groups is 2. The monoisotopic (exact) mass is 272 g/mol. The lowest BCUT2D eigenvalue weighted by Gasteiger charge is -2.36. The minimum atomic E-state index is -0.302. The minimum absolute atomic E-state index is 0.0412. The third-order valence-electron chi connectivity index (χ3n) is 4.30. The molecule has 2 unspecified atom stereocenters. The van der Waals surface area contributed by atoms with Gasteiger partial charge in [0.15, 0.2) is 0 Å². The van der Waals surface area contributed by atoms with E-state index >= 15 is 0 Å². The molecule has 2 fully saturated rings. The Labute approximate surface area is 119 Å². The summed E-state index contributed by atoms with van der Waals surface area (Å²) in [5, 5.41) is 2.84. The molecule has 1 aliphatic carbocycles. The molecule has 1 saturated carbocycles. The van der Waals surface area contributed by atoms with E-state index in [1.807, 2.05) is 38.1 Å². The average molecular weight is 272 g/mol. The molecule has 1 saturated heterocycles. The number of hydrogen-bond donors (Lipinski definition) is 1. The van der Waals surface area contributed by atoms with E-state index < -0.39 is 0 Å². The minimum Gasteiger partial charge on any atom is -0.342 e. The summed E-state index contributed by atoms with van der Waals surface area (Å²) < 4.78 is 0. The Morgan fingerprint density at radius 3 is 2.45 bits per heavy atom. The van der Waals surface area contributed by atoms with Gasteiger partial charge in [-0.25, -0.2) is 0 Å². The largest absolute Gasteiger partial charge is 0.342 e. The second kappa shape index (κ2) is 4.93. The van der Waals surface area contributed by atoms with Crippen LogP contribution >= 0.6 is 0 Å². The van der Waals surface area contributed by atoms with Crippen LogP contribution in [0.15, 0.2) is 24.3 Å². The van der Waals surface area contributed by atoms with Gasteiger partial charge in [0.1, 0.15) is 12.6 Å². The van der Waals surface area contributed by atoms with Gasteiger partial charge >= 0.3 is 0 Å². The molecule has 4 heteroatoms. The molecule has 3 rings (SSSR count). The van der Waals surface area contributed by atoms with E-state index in [0.29, 0.717) is 5.92 Å². The van der Waals surface area contributed by atoms with E-state index in [0.717, 1.165) is 18.4 Å². The Balaban J connectivity index is 1.81. The molecule has 0 spiro atoms. The van der Waals surface area contributed by atoms with Crippen molar-refractivity contribution in [3.05, 3.63) is 35.4 Å². The third-order valence-corrected chi connectivity index (χ3v) is 4.30. The van der Waals surface area contributed by atoms with Crippen LogP contribution < -0.4 is 5.32 Å². The predicted molar refractivity (Wildman–Crippen MR) is 76.0 cm³/mol. The molecule has 20 heavy (non-hydrogen) atoms. The number of piperazine rings is 1. The average Bonchev–Trinajstić information content (AvgIpc) is 3.25. The van der Waals surface area contributed by atoms with Crippen LogP contribution in [0.3, 0.4) is 0 Å². The van der Waals surface area contributed by atoms with Gasteiger partial charge < -0.3 is 10.2 Å². The summed E-state index contributed by atoms with van der Waals surface area (Å²) >= 11 is 0. The maximum absolute atomic E-state index is 12.5. The van der Waals surface area contributed by atoms with Crippen molar-refractivity contribution in [2.75, 3.05) is 6.54 Å². The van der Waals surface area contributed by atoms with Crippen molar-refractivity contribution in [1.82, 2.24) is 10.2 Å². The van der Waals surface area contributed by atoms with Gasteiger partial charge in [-0.2, -0.15) is 0 Å². The topological polar surface area (TPSA) is 49.4 Å². The summed E-state index contributed by atoms with van der Waals surface area (Å²) in [6.45, 7) is 4.19. The zero-order valence-electron chi connectivity index (χ0n) is 11.9. The number of benzene rings is 1. The first-order chi connectivity index (χ1) is 9.56. The van der Waals surface area contributed by atoms with Crippen LogP contribution in [0, 0.1) is 12.8 Å².